The summed E-state index contributed by atoms with van der Waals surface area (Å²) in [6.45, 7) is 33.1. The molecule has 1 saturated carbocycles. The molecule has 14 N–H and O–H groups in total. The van der Waals surface area contributed by atoms with Crippen molar-refractivity contribution >= 4 is 35.1 Å². The van der Waals surface area contributed by atoms with Crippen LogP contribution in [0.25, 0.3) is 0 Å². The van der Waals surface area contributed by atoms with E-state index in [0.717, 1.165) is 115 Å². The second-order valence-corrected chi connectivity index (χ2v) is 40.8. The van der Waals surface area contributed by atoms with Crippen molar-refractivity contribution in [2.75, 3.05) is 46.9 Å². The summed E-state index contributed by atoms with van der Waals surface area (Å²) >= 11 is 0. The maximum Gasteiger partial charge on any atom is 0.246 e. The molecule has 0 spiro atoms. The molecular weight excluding hydrogens is 1860 g/mol. The fourth-order valence-corrected chi connectivity index (χ4v) is 16.9. The van der Waals surface area contributed by atoms with Gasteiger partial charge in [-0.1, -0.05) is 115 Å². The zero-order valence-corrected chi connectivity index (χ0v) is 90.2. The lowest BCUT2D eigenvalue weighted by molar-refractivity contribution is -0.310. The molecule has 35 heteroatoms. The zero-order valence-electron chi connectivity index (χ0n) is 90.2. The minimum atomic E-state index is -1.44. The highest BCUT2D eigenvalue weighted by Gasteiger charge is 2.46. The fourth-order valence-electron chi connectivity index (χ4n) is 16.9. The van der Waals surface area contributed by atoms with E-state index in [2.05, 4.69) is 20.8 Å². The van der Waals surface area contributed by atoms with Gasteiger partial charge in [0.05, 0.1) is 104 Å². The number of hydrogen-bond donors (Lipinski definition) is 14. The molecule has 836 valence electrons. The Labute approximate surface area is 860 Å². The van der Waals surface area contributed by atoms with Gasteiger partial charge in [0.2, 0.25) is 17.7 Å². The van der Waals surface area contributed by atoms with Crippen LogP contribution in [-0.4, -0.2) is 358 Å². The van der Waals surface area contributed by atoms with E-state index < -0.39 is 130 Å². The van der Waals surface area contributed by atoms with E-state index in [9.17, 15) is 95.2 Å². The van der Waals surface area contributed by atoms with Crippen molar-refractivity contribution in [3.8, 4) is 0 Å². The molecule has 8 fully saturated rings. The minimum absolute atomic E-state index is 0.0254. The smallest absolute Gasteiger partial charge is 0.246 e. The number of ether oxygens (including phenoxy) is 12. The average molecular weight is 2060 g/mol. The molecular formula is C109H193N3O32. The molecule has 0 unspecified atom stereocenters. The van der Waals surface area contributed by atoms with Crippen LogP contribution in [0.3, 0.4) is 0 Å². The van der Waals surface area contributed by atoms with Gasteiger partial charge in [0.1, 0.15) is 54.9 Å². The van der Waals surface area contributed by atoms with Crippen molar-refractivity contribution in [2.24, 2.45) is 11.8 Å². The number of carbonyl (C=O) groups is 6. The number of unbranched alkanes of at least 4 members (excludes halogenated alkanes) is 4. The van der Waals surface area contributed by atoms with Gasteiger partial charge >= 0.3 is 0 Å². The zero-order chi connectivity index (χ0) is 108. The van der Waals surface area contributed by atoms with Gasteiger partial charge in [-0.15, -0.1) is 0 Å². The van der Waals surface area contributed by atoms with Crippen LogP contribution in [0.5, 0.6) is 0 Å². The molecule has 0 radical (unpaired) electrons. The number of piperidine rings is 1. The first kappa shape index (κ1) is 133. The Morgan fingerprint density at radius 2 is 0.660 bits per heavy atom. The van der Waals surface area contributed by atoms with Crippen LogP contribution in [0, 0.1) is 11.8 Å². The van der Waals surface area contributed by atoms with E-state index in [1.165, 1.54) is 68.8 Å². The van der Waals surface area contributed by atoms with Crippen molar-refractivity contribution in [2.45, 2.75) is 526 Å². The summed E-state index contributed by atoms with van der Waals surface area (Å²) < 4.78 is 66.9. The predicted octanol–water partition coefficient (Wildman–Crippen LogP) is 11.3. The number of ketones is 3. The number of aliphatic hydroxyl groups is 14. The molecule has 8 aliphatic rings. The largest absolute Gasteiger partial charge is 0.394 e. The Bertz CT molecular complexity index is 3590. The number of carbonyl (C=O) groups excluding carboxylic acids is 6. The fraction of sp³-hybridized carbons (Fsp3) is 0.835. The first-order chi connectivity index (χ1) is 68.3. The first-order valence-corrected chi connectivity index (χ1v) is 54.0. The molecule has 1 aliphatic carbocycles. The number of likely N-dealkylation sites (N-methyl/N-ethyl adjacent to an activating group) is 2. The number of nitrogens with zero attached hydrogens (tertiary/aromatic N) is 3. The lowest BCUT2D eigenvalue weighted by Crippen LogP contribution is -2.59. The second-order valence-electron chi connectivity index (χ2n) is 40.8. The number of hydrogen-bond acceptors (Lipinski definition) is 32. The lowest BCUT2D eigenvalue weighted by atomic mass is 9.85. The van der Waals surface area contributed by atoms with Crippen molar-refractivity contribution in [1.29, 1.82) is 0 Å². The standard InChI is InChI=1S/C21H36O5.C20H36O5.C18H31NO5.C18H32O7.C17H31NO5.C15H27NO5/c1-15(25-21-20(24)14-19(23)16(2)26-21)8-6-7-11-18(22)13-12-17-9-4-3-5-10-17;1-4-5-6-7-8-12-17(21)13-10-9-11-15(2)24-20-19(23)14-18(22)16(3)25-20;1-13(23-18-16(21)12-15(20)14(2)24-18)8-4-5-9-17(22)19-10-6-3-7-11-19;1-11(2)8-9-13(20)7-5-4-6-12(3)24-18-17(23)16(22)15(21)14(10-19)25-18;1-5-18(6-2)16(21)10-8-7-9-12(3)22-17-15(20)11-14(19)13(4)23-17;1-10(7-5-6-8-14(19)16(3)4)20-15-13(18)9-12(17)11(2)21-15/h7,11,15-17,19-21,23-24H,3-6,8-10,12-14H2,1-2H3;10,13,15-16,18-20,22-23H,4-9,11-12,14H2,1-3H3;5,9,13-16,18,20-21H,3-4,6-8,10-12H2,1-2H3;5,7,11-12,14-19,21-23H,4,6,8-10H2,1-3H3;8,10,12-15,17,19-20H,5-7,9,11H2,1-4H3;6,8,10-13,15,17-18H,5,7,9H2,1-4H3/b11-7+;13-10+;9-5+;7-5+;10-8+;8-6+/t15-,16+,19-,20-,21-;15-,16+,18-,19-,20-;13-,14+,15-,16-,18-;12-,14+,15+,16-,17-,18-;12-,13+,14-,15-,17-;10-,11+,12-,13-,15-/m111111/s1. The third-order valence-corrected chi connectivity index (χ3v) is 26.8. The molecule has 0 aromatic heterocycles. The van der Waals surface area contributed by atoms with Crippen molar-refractivity contribution in [3.05, 3.63) is 72.9 Å². The van der Waals surface area contributed by atoms with Gasteiger partial charge < -0.3 is 143 Å². The molecule has 0 aromatic rings. The van der Waals surface area contributed by atoms with Crippen molar-refractivity contribution in [1.82, 2.24) is 14.7 Å². The lowest BCUT2D eigenvalue weighted by Gasteiger charge is -2.40. The van der Waals surface area contributed by atoms with Crippen LogP contribution in [0.4, 0.5) is 0 Å². The van der Waals surface area contributed by atoms with Crippen molar-refractivity contribution < 1.29 is 157 Å². The van der Waals surface area contributed by atoms with E-state index >= 15 is 0 Å². The highest BCUT2D eigenvalue weighted by atomic mass is 16.7. The van der Waals surface area contributed by atoms with Crippen LogP contribution >= 0.6 is 0 Å². The summed E-state index contributed by atoms with van der Waals surface area (Å²) in [5.74, 6) is 1.85. The second kappa shape index (κ2) is 75.5. The number of amides is 3. The minimum Gasteiger partial charge on any atom is -0.394 e. The summed E-state index contributed by atoms with van der Waals surface area (Å²) in [6, 6.07) is 0. The van der Waals surface area contributed by atoms with Gasteiger partial charge in [-0.3, -0.25) is 28.8 Å². The molecule has 7 aliphatic heterocycles. The first-order valence-electron chi connectivity index (χ1n) is 54.0. The molecule has 0 bridgehead atoms. The van der Waals surface area contributed by atoms with Crippen LogP contribution < -0.4 is 0 Å². The third-order valence-electron chi connectivity index (χ3n) is 26.8. The predicted molar refractivity (Wildman–Crippen MR) is 547 cm³/mol. The summed E-state index contributed by atoms with van der Waals surface area (Å²) in [4.78, 5) is 75.7. The van der Waals surface area contributed by atoms with Crippen LogP contribution in [0.2, 0.25) is 0 Å². The normalized spacial score (nSPS) is 31.0. The monoisotopic (exact) mass is 2060 g/mol. The molecule has 144 heavy (non-hydrogen) atoms. The van der Waals surface area contributed by atoms with Gasteiger partial charge in [-0.05, 0) is 254 Å². The molecule has 8 rings (SSSR count). The van der Waals surface area contributed by atoms with E-state index in [-0.39, 0.29) is 134 Å². The number of allylic oxidation sites excluding steroid dienone is 9. The maximum absolute atomic E-state index is 12.0. The van der Waals surface area contributed by atoms with Crippen molar-refractivity contribution in [3.63, 3.8) is 0 Å². The SMILES string of the molecule is CC(C)CCC(=O)/C=C/CC[C@@H](C)O[C@@H]1O[C@@H](CO)[C@H](O)[C@@H](O)[C@H]1O.CCCCCCCC(=O)/C=C/CC[C@@H](C)O[C@@H]1O[C@@H](C)[C@H](O)C[C@H]1O.CCN(CC)C(=O)/C=C/CC[C@@H](C)O[C@@H]1O[C@@H](C)[C@H](O)C[C@H]1O.C[C@H](CC/C=C/C(=O)CCC1CCCCC1)O[C@@H]1O[C@@H](C)[C@H](O)C[C@H]1O.C[C@H](CC/C=C/C(=O)N(C)C)O[C@@H]1O[C@@H](C)[C@H](O)C[C@H]1O.C[C@H](CC/C=C/C(=O)N1CCCCC1)O[C@@H]1O[C@@H](C)[C@H](O)C[C@H]1O. The number of likely N-dealkylation sites (tertiary alicyclic amines) is 1. The quantitative estimate of drug-likeness (QED) is 0.0199. The van der Waals surface area contributed by atoms with E-state index in [1.807, 2.05) is 83.7 Å². The van der Waals surface area contributed by atoms with E-state index in [0.29, 0.717) is 57.5 Å². The number of aliphatic hydroxyl groups excluding tert-OH is 14. The third kappa shape index (κ3) is 56.3. The summed E-state index contributed by atoms with van der Waals surface area (Å²) in [5.41, 5.74) is 0. The van der Waals surface area contributed by atoms with Gasteiger partial charge in [-0.2, -0.15) is 0 Å². The van der Waals surface area contributed by atoms with Crippen LogP contribution in [-0.2, 0) is 85.6 Å². The average Bonchev–Trinajstić information content (AvgIpc) is 0.796. The molecule has 0 aromatic carbocycles. The topological polar surface area (TPSA) is 506 Å². The van der Waals surface area contributed by atoms with Gasteiger partial charge in [-0.25, -0.2) is 0 Å². The van der Waals surface area contributed by atoms with Crippen LogP contribution in [0.1, 0.15) is 336 Å². The highest BCUT2D eigenvalue weighted by Crippen LogP contribution is 2.32. The Balaban J connectivity index is 0.000000445. The maximum atomic E-state index is 12.0. The van der Waals surface area contributed by atoms with Crippen LogP contribution in [0.15, 0.2) is 72.9 Å². The summed E-state index contributed by atoms with van der Waals surface area (Å²) in [5, 5.41) is 136. The highest BCUT2D eigenvalue weighted by molar-refractivity contribution is 5.91. The molecule has 35 nitrogen and oxygen atoms in total. The Hall–Kier alpha value is -5.18. The molecule has 7 heterocycles. The Morgan fingerprint density at radius 3 is 0.993 bits per heavy atom. The van der Waals surface area contributed by atoms with E-state index in [1.54, 1.807) is 97.0 Å². The van der Waals surface area contributed by atoms with Gasteiger partial charge in [0.25, 0.3) is 0 Å². The molecule has 7 saturated heterocycles. The Morgan fingerprint density at radius 1 is 0.347 bits per heavy atom. The number of rotatable bonds is 51. The molecule has 3 amide bonds. The van der Waals surface area contributed by atoms with E-state index in [4.69, 9.17) is 61.9 Å². The van der Waals surface area contributed by atoms with Gasteiger partial charge in [0, 0.05) is 91.6 Å². The summed E-state index contributed by atoms with van der Waals surface area (Å²) in [6.07, 6.45) is 30.8. The van der Waals surface area contributed by atoms with Gasteiger partial charge in [0.15, 0.2) is 55.1 Å². The Kier molecular flexibility index (Phi) is 69.7. The summed E-state index contributed by atoms with van der Waals surface area (Å²) in [7, 11) is 3.41. The molecule has 31 atom stereocenters.